The molecule has 1 unspecified atom stereocenters. The fourth-order valence-corrected chi connectivity index (χ4v) is 3.94. The molecule has 1 aliphatic carbocycles. The molecule has 0 radical (unpaired) electrons. The van der Waals surface area contributed by atoms with E-state index in [9.17, 15) is 9.59 Å². The number of rotatable bonds is 5. The third kappa shape index (κ3) is 4.54. The summed E-state index contributed by atoms with van der Waals surface area (Å²) in [5.74, 6) is -0.273. The standard InChI is InChI=1S/C23H23ClN4O2/c1-15(29)26-19-11-7-17(8-12-19)23(30)27-21-3-2-4-22-20(21)13-25-28(22)14-16-5-9-18(24)10-6-16/h5-13,21H,2-4,14H2,1H3,(H,26,29)(H,27,30). The van der Waals surface area contributed by atoms with Gasteiger partial charge in [-0.2, -0.15) is 5.10 Å². The van der Waals surface area contributed by atoms with E-state index >= 15 is 0 Å². The lowest BCUT2D eigenvalue weighted by atomic mass is 9.92. The van der Waals surface area contributed by atoms with E-state index in [0.717, 1.165) is 30.4 Å². The van der Waals surface area contributed by atoms with Crippen LogP contribution in [0.2, 0.25) is 5.02 Å². The van der Waals surface area contributed by atoms with Gasteiger partial charge in [-0.05, 0) is 61.2 Å². The van der Waals surface area contributed by atoms with E-state index in [2.05, 4.69) is 15.7 Å². The molecule has 1 atom stereocenters. The number of nitrogens with one attached hydrogen (secondary N) is 2. The molecule has 154 valence electrons. The van der Waals surface area contributed by atoms with Crippen molar-refractivity contribution in [2.75, 3.05) is 5.32 Å². The van der Waals surface area contributed by atoms with Crippen LogP contribution in [-0.4, -0.2) is 21.6 Å². The number of fused-ring (bicyclic) bond motifs is 1. The Morgan fingerprint density at radius 3 is 2.57 bits per heavy atom. The Labute approximate surface area is 180 Å². The van der Waals surface area contributed by atoms with E-state index in [4.69, 9.17) is 11.6 Å². The SMILES string of the molecule is CC(=O)Nc1ccc(C(=O)NC2CCCc3c2cnn3Cc2ccc(Cl)cc2)cc1. The van der Waals surface area contributed by atoms with Crippen LogP contribution in [-0.2, 0) is 17.8 Å². The van der Waals surface area contributed by atoms with Gasteiger partial charge in [0.15, 0.2) is 0 Å². The molecular weight excluding hydrogens is 400 g/mol. The van der Waals surface area contributed by atoms with Crippen molar-refractivity contribution in [3.63, 3.8) is 0 Å². The van der Waals surface area contributed by atoms with Gasteiger partial charge >= 0.3 is 0 Å². The molecule has 2 amide bonds. The molecule has 0 saturated heterocycles. The van der Waals surface area contributed by atoms with E-state index in [1.54, 1.807) is 24.3 Å². The minimum Gasteiger partial charge on any atom is -0.345 e. The summed E-state index contributed by atoms with van der Waals surface area (Å²) in [7, 11) is 0. The van der Waals surface area contributed by atoms with Gasteiger partial charge in [-0.3, -0.25) is 14.3 Å². The monoisotopic (exact) mass is 422 g/mol. The zero-order chi connectivity index (χ0) is 21.1. The molecule has 2 N–H and O–H groups in total. The Morgan fingerprint density at radius 1 is 1.13 bits per heavy atom. The molecule has 0 fully saturated rings. The van der Waals surface area contributed by atoms with Crippen molar-refractivity contribution in [3.8, 4) is 0 Å². The third-order valence-corrected chi connectivity index (χ3v) is 5.53. The van der Waals surface area contributed by atoms with Gasteiger partial charge in [0.25, 0.3) is 5.91 Å². The molecule has 4 rings (SSSR count). The number of halogens is 1. The predicted octanol–water partition coefficient (Wildman–Crippen LogP) is 4.35. The van der Waals surface area contributed by atoms with Gasteiger partial charge < -0.3 is 10.6 Å². The Kier molecular flexibility index (Phi) is 5.86. The van der Waals surface area contributed by atoms with E-state index in [1.807, 2.05) is 35.1 Å². The number of anilines is 1. The molecule has 30 heavy (non-hydrogen) atoms. The number of hydrogen-bond acceptors (Lipinski definition) is 3. The number of aromatic nitrogens is 2. The van der Waals surface area contributed by atoms with Crippen LogP contribution < -0.4 is 10.6 Å². The highest BCUT2D eigenvalue weighted by Gasteiger charge is 2.26. The van der Waals surface area contributed by atoms with Gasteiger partial charge in [0.1, 0.15) is 0 Å². The first-order chi connectivity index (χ1) is 14.5. The molecule has 1 aliphatic rings. The van der Waals surface area contributed by atoms with Crippen molar-refractivity contribution in [2.24, 2.45) is 0 Å². The molecule has 0 bridgehead atoms. The zero-order valence-electron chi connectivity index (χ0n) is 16.7. The average molecular weight is 423 g/mol. The van der Waals surface area contributed by atoms with E-state index < -0.39 is 0 Å². The van der Waals surface area contributed by atoms with Crippen LogP contribution in [0.5, 0.6) is 0 Å². The molecule has 6 nitrogen and oxygen atoms in total. The van der Waals surface area contributed by atoms with Crippen molar-refractivity contribution >= 4 is 29.1 Å². The Bertz CT molecular complexity index is 1060. The van der Waals surface area contributed by atoms with Gasteiger partial charge in [0, 0.05) is 34.5 Å². The fourth-order valence-electron chi connectivity index (χ4n) is 3.82. The molecule has 1 aromatic heterocycles. The summed E-state index contributed by atoms with van der Waals surface area (Å²) in [6.45, 7) is 2.13. The molecule has 1 heterocycles. The summed E-state index contributed by atoms with van der Waals surface area (Å²) in [5.41, 5.74) is 4.61. The molecule has 3 aromatic rings. The van der Waals surface area contributed by atoms with Gasteiger partial charge in [0.2, 0.25) is 5.91 Å². The second-order valence-corrected chi connectivity index (χ2v) is 7.94. The van der Waals surface area contributed by atoms with Crippen LogP contribution in [0.15, 0.2) is 54.7 Å². The molecular formula is C23H23ClN4O2. The summed E-state index contributed by atoms with van der Waals surface area (Å²) in [4.78, 5) is 23.9. The quantitative estimate of drug-likeness (QED) is 0.641. The fraction of sp³-hybridized carbons (Fsp3) is 0.261. The van der Waals surface area contributed by atoms with Crippen LogP contribution >= 0.6 is 11.6 Å². The first-order valence-corrected chi connectivity index (χ1v) is 10.3. The third-order valence-electron chi connectivity index (χ3n) is 5.28. The number of nitrogens with zero attached hydrogens (tertiary/aromatic N) is 2. The highest BCUT2D eigenvalue weighted by molar-refractivity contribution is 6.30. The lowest BCUT2D eigenvalue weighted by Crippen LogP contribution is -2.31. The number of amides is 2. The van der Waals surface area contributed by atoms with Crippen LogP contribution in [0.1, 0.15) is 53.0 Å². The van der Waals surface area contributed by atoms with Crippen LogP contribution in [0.25, 0.3) is 0 Å². The Hall–Kier alpha value is -3.12. The summed E-state index contributed by atoms with van der Waals surface area (Å²) in [6, 6.07) is 14.6. The molecule has 2 aromatic carbocycles. The number of benzene rings is 2. The second-order valence-electron chi connectivity index (χ2n) is 7.51. The maximum absolute atomic E-state index is 12.7. The minimum absolute atomic E-state index is 0.0600. The van der Waals surface area contributed by atoms with E-state index in [-0.39, 0.29) is 17.9 Å². The highest BCUT2D eigenvalue weighted by Crippen LogP contribution is 2.30. The smallest absolute Gasteiger partial charge is 0.251 e. The lowest BCUT2D eigenvalue weighted by molar-refractivity contribution is -0.114. The molecule has 0 spiro atoms. The average Bonchev–Trinajstić information content (AvgIpc) is 3.14. The lowest BCUT2D eigenvalue weighted by Gasteiger charge is -2.24. The molecule has 0 saturated carbocycles. The van der Waals surface area contributed by atoms with Crippen molar-refractivity contribution in [1.82, 2.24) is 15.1 Å². The first-order valence-electron chi connectivity index (χ1n) is 9.97. The summed E-state index contributed by atoms with van der Waals surface area (Å²) < 4.78 is 2.01. The predicted molar refractivity (Wildman–Crippen MR) is 117 cm³/mol. The van der Waals surface area contributed by atoms with Crippen LogP contribution in [0, 0.1) is 0 Å². The largest absolute Gasteiger partial charge is 0.345 e. The second kappa shape index (κ2) is 8.71. The van der Waals surface area contributed by atoms with Gasteiger partial charge in [0.05, 0.1) is 18.8 Å². The maximum Gasteiger partial charge on any atom is 0.251 e. The minimum atomic E-state index is -0.141. The number of carbonyl (C=O) groups excluding carboxylic acids is 2. The Morgan fingerprint density at radius 2 is 1.87 bits per heavy atom. The highest BCUT2D eigenvalue weighted by atomic mass is 35.5. The van der Waals surface area contributed by atoms with Crippen molar-refractivity contribution in [3.05, 3.63) is 82.1 Å². The molecule has 0 aliphatic heterocycles. The van der Waals surface area contributed by atoms with Crippen LogP contribution in [0.3, 0.4) is 0 Å². The summed E-state index contributed by atoms with van der Waals surface area (Å²) >= 11 is 5.98. The zero-order valence-corrected chi connectivity index (χ0v) is 17.4. The van der Waals surface area contributed by atoms with E-state index in [0.29, 0.717) is 22.8 Å². The summed E-state index contributed by atoms with van der Waals surface area (Å²) in [5, 5.41) is 11.1. The van der Waals surface area contributed by atoms with Crippen molar-refractivity contribution in [1.29, 1.82) is 0 Å². The van der Waals surface area contributed by atoms with Gasteiger partial charge in [-0.1, -0.05) is 23.7 Å². The number of hydrogen-bond donors (Lipinski definition) is 2. The normalized spacial score (nSPS) is 15.3. The maximum atomic E-state index is 12.7. The van der Waals surface area contributed by atoms with Crippen LogP contribution in [0.4, 0.5) is 5.69 Å². The number of carbonyl (C=O) groups is 2. The van der Waals surface area contributed by atoms with Crippen molar-refractivity contribution < 1.29 is 9.59 Å². The van der Waals surface area contributed by atoms with Gasteiger partial charge in [-0.15, -0.1) is 0 Å². The van der Waals surface area contributed by atoms with E-state index in [1.165, 1.54) is 12.6 Å². The van der Waals surface area contributed by atoms with Gasteiger partial charge in [-0.25, -0.2) is 0 Å². The van der Waals surface area contributed by atoms with Crippen molar-refractivity contribution in [2.45, 2.75) is 38.8 Å². The molecule has 7 heteroatoms. The summed E-state index contributed by atoms with van der Waals surface area (Å²) in [6.07, 6.45) is 4.69. The first kappa shape index (κ1) is 20.2. The Balaban J connectivity index is 1.47. The topological polar surface area (TPSA) is 76.0 Å².